The monoisotopic (exact) mass is 350 g/mol. The molecule has 2 nitrogen and oxygen atoms in total. The molecule has 0 bridgehead atoms. The van der Waals surface area contributed by atoms with Gasteiger partial charge in [0.05, 0.1) is 12.9 Å². The fourth-order valence-corrected chi connectivity index (χ4v) is 4.33. The second-order valence-corrected chi connectivity index (χ2v) is 7.39. The van der Waals surface area contributed by atoms with Crippen molar-refractivity contribution in [1.82, 2.24) is 0 Å². The number of ether oxygens (including phenoxy) is 1. The molecule has 1 aliphatic carbocycles. The van der Waals surface area contributed by atoms with E-state index in [0.29, 0.717) is 0 Å². The van der Waals surface area contributed by atoms with E-state index in [1.54, 1.807) is 7.11 Å². The maximum atomic E-state index is 6.32. The van der Waals surface area contributed by atoms with E-state index in [4.69, 9.17) is 9.15 Å². The van der Waals surface area contributed by atoms with Crippen LogP contribution in [-0.2, 0) is 18.6 Å². The number of hydrogen-bond acceptors (Lipinski definition) is 3. The lowest BCUT2D eigenvalue weighted by Gasteiger charge is -2.11. The first-order valence-electron chi connectivity index (χ1n) is 8.81. The topological polar surface area (TPSA) is 22.4 Å². The highest BCUT2D eigenvalue weighted by molar-refractivity contribution is 7.98. The first-order chi connectivity index (χ1) is 12.3. The van der Waals surface area contributed by atoms with E-state index in [2.05, 4.69) is 42.5 Å². The van der Waals surface area contributed by atoms with Gasteiger partial charge in [0.15, 0.2) is 0 Å². The third-order valence-corrected chi connectivity index (χ3v) is 5.75. The molecule has 0 fully saturated rings. The Morgan fingerprint density at radius 1 is 0.960 bits per heavy atom. The number of fused-ring (bicyclic) bond motifs is 1. The molecule has 0 amide bonds. The van der Waals surface area contributed by atoms with Gasteiger partial charge in [0.1, 0.15) is 17.3 Å². The van der Waals surface area contributed by atoms with Gasteiger partial charge < -0.3 is 9.15 Å². The van der Waals surface area contributed by atoms with E-state index < -0.39 is 0 Å². The van der Waals surface area contributed by atoms with Gasteiger partial charge in [0.2, 0.25) is 0 Å². The zero-order valence-corrected chi connectivity index (χ0v) is 15.3. The molecule has 3 heteroatoms. The molecular weight excluding hydrogens is 328 g/mol. The maximum absolute atomic E-state index is 6.32. The molecule has 4 rings (SSSR count). The fraction of sp³-hybridized carbons (Fsp3) is 0.273. The third-order valence-electron chi connectivity index (χ3n) is 4.74. The van der Waals surface area contributed by atoms with E-state index in [0.717, 1.165) is 30.1 Å². The molecular formula is C22H22O2S. The fourth-order valence-electron chi connectivity index (χ4n) is 3.48. The normalized spacial score (nSPS) is 13.5. The van der Waals surface area contributed by atoms with Crippen LogP contribution in [0.4, 0.5) is 0 Å². The zero-order chi connectivity index (χ0) is 17.1. The molecule has 0 saturated heterocycles. The first-order valence-corrected chi connectivity index (χ1v) is 9.79. The molecule has 25 heavy (non-hydrogen) atoms. The quantitative estimate of drug-likeness (QED) is 0.517. The summed E-state index contributed by atoms with van der Waals surface area (Å²) in [4.78, 5) is 1.28. The summed E-state index contributed by atoms with van der Waals surface area (Å²) in [6.45, 7) is 0. The van der Waals surface area contributed by atoms with Gasteiger partial charge in [-0.05, 0) is 49.1 Å². The summed E-state index contributed by atoms with van der Waals surface area (Å²) >= 11 is 1.83. The second-order valence-electron chi connectivity index (χ2n) is 6.34. The van der Waals surface area contributed by atoms with Gasteiger partial charge in [-0.15, -0.1) is 11.8 Å². The van der Waals surface area contributed by atoms with Gasteiger partial charge in [0, 0.05) is 22.4 Å². The number of rotatable bonds is 5. The highest BCUT2D eigenvalue weighted by Gasteiger charge is 2.23. The van der Waals surface area contributed by atoms with Crippen LogP contribution in [0.3, 0.4) is 0 Å². The van der Waals surface area contributed by atoms with E-state index in [-0.39, 0.29) is 0 Å². The molecule has 1 aliphatic rings. The first kappa shape index (κ1) is 16.3. The number of furan rings is 1. The molecule has 0 atom stereocenters. The minimum Gasteiger partial charge on any atom is -0.497 e. The summed E-state index contributed by atoms with van der Waals surface area (Å²) in [6.07, 6.45) is 4.67. The second kappa shape index (κ2) is 7.40. The Kier molecular flexibility index (Phi) is 4.84. The van der Waals surface area contributed by atoms with Gasteiger partial charge in [-0.1, -0.05) is 30.3 Å². The van der Waals surface area contributed by atoms with Crippen LogP contribution < -0.4 is 4.74 Å². The smallest absolute Gasteiger partial charge is 0.122 e. The van der Waals surface area contributed by atoms with Crippen LogP contribution in [0.25, 0.3) is 11.1 Å². The van der Waals surface area contributed by atoms with Crippen molar-refractivity contribution in [1.29, 1.82) is 0 Å². The van der Waals surface area contributed by atoms with Crippen LogP contribution >= 0.6 is 11.8 Å². The zero-order valence-electron chi connectivity index (χ0n) is 14.5. The molecule has 128 valence electrons. The highest BCUT2D eigenvalue weighted by Crippen LogP contribution is 2.40. The van der Waals surface area contributed by atoms with Crippen molar-refractivity contribution in [3.8, 4) is 16.9 Å². The summed E-state index contributed by atoms with van der Waals surface area (Å²) in [5, 5.41) is 0. The van der Waals surface area contributed by atoms with Crippen molar-refractivity contribution in [2.24, 2.45) is 0 Å². The van der Waals surface area contributed by atoms with E-state index in [1.165, 1.54) is 40.2 Å². The van der Waals surface area contributed by atoms with Crippen LogP contribution in [0.1, 0.15) is 29.9 Å². The Labute approximate surface area is 153 Å². The predicted molar refractivity (Wildman–Crippen MR) is 103 cm³/mol. The van der Waals surface area contributed by atoms with Gasteiger partial charge in [-0.3, -0.25) is 0 Å². The summed E-state index contributed by atoms with van der Waals surface area (Å²) in [7, 11) is 1.71. The Bertz CT molecular complexity index is 834. The van der Waals surface area contributed by atoms with Gasteiger partial charge >= 0.3 is 0 Å². The molecule has 3 aromatic rings. The molecule has 0 N–H and O–H groups in total. The summed E-state index contributed by atoms with van der Waals surface area (Å²) < 4.78 is 11.6. The van der Waals surface area contributed by atoms with E-state index in [1.807, 2.05) is 23.9 Å². The lowest BCUT2D eigenvalue weighted by molar-refractivity contribution is 0.415. The number of thioether (sulfide) groups is 1. The summed E-state index contributed by atoms with van der Waals surface area (Å²) in [5.41, 5.74) is 3.96. The highest BCUT2D eigenvalue weighted by atomic mass is 32.2. The molecule has 1 heterocycles. The molecule has 0 aliphatic heterocycles. The van der Waals surface area contributed by atoms with Crippen molar-refractivity contribution < 1.29 is 9.15 Å². The molecule has 0 radical (unpaired) electrons. The lowest BCUT2D eigenvalue weighted by Crippen LogP contribution is -2.00. The van der Waals surface area contributed by atoms with Crippen molar-refractivity contribution in [3.05, 3.63) is 71.7 Å². The number of hydrogen-bond donors (Lipinski definition) is 0. The van der Waals surface area contributed by atoms with Crippen molar-refractivity contribution >= 4 is 11.8 Å². The average molecular weight is 350 g/mol. The predicted octanol–water partition coefficient (Wildman–Crippen LogP) is 6.13. The molecule has 1 aromatic heterocycles. The van der Waals surface area contributed by atoms with Crippen molar-refractivity contribution in [2.75, 3.05) is 7.11 Å². The van der Waals surface area contributed by atoms with Crippen LogP contribution in [0.15, 0.2) is 63.9 Å². The SMILES string of the molecule is COc1ccc(-c2c(CSc3ccccc3)oc3c2CCCC3)cc1. The van der Waals surface area contributed by atoms with E-state index >= 15 is 0 Å². The average Bonchev–Trinajstić information content (AvgIpc) is 3.05. The standard InChI is InChI=1S/C22H22O2S/c1-23-17-13-11-16(12-14-17)22-19-9-5-6-10-20(19)24-21(22)15-25-18-7-3-2-4-8-18/h2-4,7-8,11-14H,5-6,9-10,15H2,1H3. The largest absolute Gasteiger partial charge is 0.497 e. The minimum atomic E-state index is 0.859. The van der Waals surface area contributed by atoms with E-state index in [9.17, 15) is 0 Å². The lowest BCUT2D eigenvalue weighted by atomic mass is 9.91. The Morgan fingerprint density at radius 2 is 1.72 bits per heavy atom. The number of methoxy groups -OCH3 is 1. The Morgan fingerprint density at radius 3 is 2.48 bits per heavy atom. The number of benzene rings is 2. The molecule has 2 aromatic carbocycles. The van der Waals surface area contributed by atoms with Crippen LogP contribution in [0, 0.1) is 0 Å². The van der Waals surface area contributed by atoms with Crippen molar-refractivity contribution in [3.63, 3.8) is 0 Å². The Balaban J connectivity index is 1.68. The molecule has 0 saturated carbocycles. The van der Waals surface area contributed by atoms with Crippen LogP contribution in [0.2, 0.25) is 0 Å². The summed E-state index contributed by atoms with van der Waals surface area (Å²) in [6, 6.07) is 18.9. The van der Waals surface area contributed by atoms with Crippen molar-refractivity contribution in [2.45, 2.75) is 36.3 Å². The Hall–Kier alpha value is -2.13. The maximum Gasteiger partial charge on any atom is 0.122 e. The van der Waals surface area contributed by atoms with Gasteiger partial charge in [0.25, 0.3) is 0 Å². The molecule has 0 unspecified atom stereocenters. The van der Waals surface area contributed by atoms with Gasteiger partial charge in [-0.25, -0.2) is 0 Å². The minimum absolute atomic E-state index is 0.859. The summed E-state index contributed by atoms with van der Waals surface area (Å²) in [5.74, 6) is 4.05. The van der Waals surface area contributed by atoms with Gasteiger partial charge in [-0.2, -0.15) is 0 Å². The number of aryl methyl sites for hydroxylation is 1. The van der Waals surface area contributed by atoms with Crippen LogP contribution in [-0.4, -0.2) is 7.11 Å². The van der Waals surface area contributed by atoms with Crippen LogP contribution in [0.5, 0.6) is 5.75 Å². The molecule has 0 spiro atoms. The third kappa shape index (κ3) is 3.47.